The molecule has 0 N–H and O–H groups in total. The van der Waals surface area contributed by atoms with Crippen LogP contribution in [0.4, 0.5) is 0 Å². The van der Waals surface area contributed by atoms with E-state index in [2.05, 4.69) is 0 Å². The summed E-state index contributed by atoms with van der Waals surface area (Å²) in [5.74, 6) is 0.723. The predicted molar refractivity (Wildman–Crippen MR) is 65.8 cm³/mol. The van der Waals surface area contributed by atoms with E-state index in [0.717, 1.165) is 5.75 Å². The van der Waals surface area contributed by atoms with Gasteiger partial charge in [-0.15, -0.1) is 11.3 Å². The highest BCUT2D eigenvalue weighted by Crippen LogP contribution is 2.24. The van der Waals surface area contributed by atoms with Crippen molar-refractivity contribution in [1.29, 1.82) is 0 Å². The fourth-order valence-electron chi connectivity index (χ4n) is 1.32. The molecule has 0 aliphatic rings. The Kier molecular flexibility index (Phi) is 3.27. The van der Waals surface area contributed by atoms with Crippen LogP contribution in [0.15, 0.2) is 36.4 Å². The number of hydrogen-bond acceptors (Lipinski definition) is 3. The topological polar surface area (TPSA) is 26.3 Å². The number of hydrogen-bond donors (Lipinski definition) is 0. The summed E-state index contributed by atoms with van der Waals surface area (Å²) >= 11 is 7.07. The zero-order valence-electron chi connectivity index (χ0n) is 8.57. The Labute approximate surface area is 102 Å². The Morgan fingerprint density at radius 1 is 1.19 bits per heavy atom. The largest absolute Gasteiger partial charge is 0.497 e. The van der Waals surface area contributed by atoms with Gasteiger partial charge in [-0.1, -0.05) is 11.6 Å². The summed E-state index contributed by atoms with van der Waals surface area (Å²) in [5.41, 5.74) is 0.638. The Bertz CT molecular complexity index is 502. The number of carbonyl (C=O) groups is 1. The molecule has 0 aliphatic heterocycles. The quantitative estimate of drug-likeness (QED) is 0.780. The fraction of sp³-hybridized carbons (Fsp3) is 0.0833. The molecule has 0 atom stereocenters. The van der Waals surface area contributed by atoms with Gasteiger partial charge in [-0.3, -0.25) is 4.79 Å². The van der Waals surface area contributed by atoms with Gasteiger partial charge in [-0.05, 0) is 36.4 Å². The lowest BCUT2D eigenvalue weighted by molar-refractivity contribution is 0.104. The highest BCUT2D eigenvalue weighted by Gasteiger charge is 2.11. The van der Waals surface area contributed by atoms with E-state index in [0.29, 0.717) is 14.8 Å². The first-order valence-electron chi connectivity index (χ1n) is 4.65. The van der Waals surface area contributed by atoms with Crippen molar-refractivity contribution >= 4 is 28.7 Å². The molecule has 0 unspecified atom stereocenters. The number of halogens is 1. The van der Waals surface area contributed by atoms with Crippen LogP contribution in [0.5, 0.6) is 5.75 Å². The molecule has 0 saturated carbocycles. The van der Waals surface area contributed by atoms with Gasteiger partial charge in [0.1, 0.15) is 5.75 Å². The third kappa shape index (κ3) is 2.26. The maximum atomic E-state index is 12.0. The molecule has 0 aliphatic carbocycles. The second kappa shape index (κ2) is 4.68. The average Bonchev–Trinajstić information content (AvgIpc) is 2.75. The van der Waals surface area contributed by atoms with Crippen molar-refractivity contribution in [2.24, 2.45) is 0 Å². The van der Waals surface area contributed by atoms with E-state index in [1.54, 1.807) is 43.5 Å². The van der Waals surface area contributed by atoms with E-state index < -0.39 is 0 Å². The van der Waals surface area contributed by atoms with Crippen molar-refractivity contribution < 1.29 is 9.53 Å². The summed E-state index contributed by atoms with van der Waals surface area (Å²) in [6.45, 7) is 0. The molecule has 2 nitrogen and oxygen atoms in total. The van der Waals surface area contributed by atoms with Crippen LogP contribution in [-0.4, -0.2) is 12.9 Å². The lowest BCUT2D eigenvalue weighted by Crippen LogP contribution is -1.97. The minimum Gasteiger partial charge on any atom is -0.497 e. The van der Waals surface area contributed by atoms with Crippen molar-refractivity contribution in [3.63, 3.8) is 0 Å². The standard InChI is InChI=1S/C12H9ClO2S/c1-15-9-4-2-8(3-5-9)12(14)10-6-7-11(13)16-10/h2-7H,1H3. The second-order valence-electron chi connectivity index (χ2n) is 3.16. The van der Waals surface area contributed by atoms with E-state index in [9.17, 15) is 4.79 Å². The number of ketones is 1. The van der Waals surface area contributed by atoms with Crippen LogP contribution in [0, 0.1) is 0 Å². The summed E-state index contributed by atoms with van der Waals surface area (Å²) < 4.78 is 5.65. The third-order valence-electron chi connectivity index (χ3n) is 2.15. The smallest absolute Gasteiger partial charge is 0.202 e. The zero-order chi connectivity index (χ0) is 11.5. The van der Waals surface area contributed by atoms with Crippen molar-refractivity contribution in [2.45, 2.75) is 0 Å². The van der Waals surface area contributed by atoms with Gasteiger partial charge in [-0.25, -0.2) is 0 Å². The summed E-state index contributed by atoms with van der Waals surface area (Å²) in [6, 6.07) is 10.5. The lowest BCUT2D eigenvalue weighted by Gasteiger charge is -2.01. The van der Waals surface area contributed by atoms with Crippen LogP contribution in [0.25, 0.3) is 0 Å². The van der Waals surface area contributed by atoms with Gasteiger partial charge in [0.05, 0.1) is 16.3 Å². The minimum absolute atomic E-state index is 0.0143. The number of rotatable bonds is 3. The van der Waals surface area contributed by atoms with Crippen LogP contribution in [0.2, 0.25) is 4.34 Å². The van der Waals surface area contributed by atoms with Gasteiger partial charge in [0.25, 0.3) is 0 Å². The molecule has 2 aromatic rings. The van der Waals surface area contributed by atoms with Crippen molar-refractivity contribution in [1.82, 2.24) is 0 Å². The molecule has 0 fully saturated rings. The third-order valence-corrected chi connectivity index (χ3v) is 3.38. The SMILES string of the molecule is COc1ccc(C(=O)c2ccc(Cl)s2)cc1. The van der Waals surface area contributed by atoms with Crippen LogP contribution in [0.3, 0.4) is 0 Å². The first kappa shape index (κ1) is 11.2. The van der Waals surface area contributed by atoms with Gasteiger partial charge >= 0.3 is 0 Å². The van der Waals surface area contributed by atoms with Crippen molar-refractivity contribution in [3.8, 4) is 5.75 Å². The van der Waals surface area contributed by atoms with E-state index in [1.165, 1.54) is 11.3 Å². The molecule has 0 spiro atoms. The summed E-state index contributed by atoms with van der Waals surface area (Å²) in [6.07, 6.45) is 0. The second-order valence-corrected chi connectivity index (χ2v) is 4.88. The molecule has 0 amide bonds. The molecular formula is C12H9ClO2S. The van der Waals surface area contributed by atoms with E-state index in [-0.39, 0.29) is 5.78 Å². The van der Waals surface area contributed by atoms with Crippen LogP contribution < -0.4 is 4.74 Å². The Morgan fingerprint density at radius 2 is 1.88 bits per heavy atom. The van der Waals surface area contributed by atoms with Gasteiger partial charge in [-0.2, -0.15) is 0 Å². The van der Waals surface area contributed by atoms with Gasteiger partial charge in [0.2, 0.25) is 5.78 Å². The molecule has 16 heavy (non-hydrogen) atoms. The maximum absolute atomic E-state index is 12.0. The summed E-state index contributed by atoms with van der Waals surface area (Å²) in [4.78, 5) is 12.6. The summed E-state index contributed by atoms with van der Waals surface area (Å²) in [7, 11) is 1.59. The first-order chi connectivity index (χ1) is 7.70. The molecule has 1 aromatic heterocycles. The van der Waals surface area contributed by atoms with Gasteiger partial charge in [0.15, 0.2) is 0 Å². The maximum Gasteiger partial charge on any atom is 0.202 e. The monoisotopic (exact) mass is 252 g/mol. The highest BCUT2D eigenvalue weighted by molar-refractivity contribution is 7.18. The number of thiophene rings is 1. The minimum atomic E-state index is -0.0143. The van der Waals surface area contributed by atoms with Gasteiger partial charge in [0, 0.05) is 5.56 Å². The molecule has 0 saturated heterocycles. The molecule has 0 radical (unpaired) electrons. The lowest BCUT2D eigenvalue weighted by atomic mass is 10.1. The Morgan fingerprint density at radius 3 is 2.38 bits per heavy atom. The average molecular weight is 253 g/mol. The number of methoxy groups -OCH3 is 1. The molecular weight excluding hydrogens is 244 g/mol. The fourth-order valence-corrected chi connectivity index (χ4v) is 2.33. The molecule has 82 valence electrons. The Hall–Kier alpha value is -1.32. The van der Waals surface area contributed by atoms with Gasteiger partial charge < -0.3 is 4.74 Å². The number of carbonyl (C=O) groups excluding carboxylic acids is 1. The zero-order valence-corrected chi connectivity index (χ0v) is 10.1. The molecule has 1 heterocycles. The highest BCUT2D eigenvalue weighted by atomic mass is 35.5. The molecule has 0 bridgehead atoms. The van der Waals surface area contributed by atoms with E-state index >= 15 is 0 Å². The normalized spacial score (nSPS) is 10.1. The molecule has 1 aromatic carbocycles. The summed E-state index contributed by atoms with van der Waals surface area (Å²) in [5, 5.41) is 0. The van der Waals surface area contributed by atoms with Crippen LogP contribution >= 0.6 is 22.9 Å². The first-order valence-corrected chi connectivity index (χ1v) is 5.84. The molecule has 4 heteroatoms. The van der Waals surface area contributed by atoms with Crippen molar-refractivity contribution in [3.05, 3.63) is 51.2 Å². The molecule has 2 rings (SSSR count). The number of benzene rings is 1. The number of ether oxygens (including phenoxy) is 1. The van der Waals surface area contributed by atoms with E-state index in [1.807, 2.05) is 0 Å². The van der Waals surface area contributed by atoms with Crippen LogP contribution in [-0.2, 0) is 0 Å². The van der Waals surface area contributed by atoms with Crippen LogP contribution in [0.1, 0.15) is 15.2 Å². The van der Waals surface area contributed by atoms with E-state index in [4.69, 9.17) is 16.3 Å². The van der Waals surface area contributed by atoms with Crippen molar-refractivity contribution in [2.75, 3.05) is 7.11 Å². The predicted octanol–water partition coefficient (Wildman–Crippen LogP) is 3.64. The Balaban J connectivity index is 2.27.